The van der Waals surface area contributed by atoms with Crippen molar-refractivity contribution >= 4 is 16.9 Å². The molecule has 106 valence electrons. The third-order valence-corrected chi connectivity index (χ3v) is 3.37. The van der Waals surface area contributed by atoms with Crippen LogP contribution in [0.15, 0.2) is 42.5 Å². The SMILES string of the molecule is COC(=O)c1cccc2c(-c3cccc(F)c3)nn(C)c12. The van der Waals surface area contributed by atoms with Gasteiger partial charge in [-0.3, -0.25) is 4.68 Å². The number of methoxy groups -OCH3 is 1. The Labute approximate surface area is 120 Å². The molecule has 0 unspecified atom stereocenters. The van der Waals surface area contributed by atoms with Crippen molar-refractivity contribution in [2.75, 3.05) is 7.11 Å². The number of ether oxygens (including phenoxy) is 1. The van der Waals surface area contributed by atoms with E-state index in [2.05, 4.69) is 5.10 Å². The van der Waals surface area contributed by atoms with E-state index < -0.39 is 5.97 Å². The number of fused-ring (bicyclic) bond motifs is 1. The van der Waals surface area contributed by atoms with Crippen LogP contribution in [0.4, 0.5) is 4.39 Å². The van der Waals surface area contributed by atoms with Crippen LogP contribution in [0.25, 0.3) is 22.2 Å². The average molecular weight is 284 g/mol. The van der Waals surface area contributed by atoms with E-state index in [1.165, 1.54) is 19.2 Å². The Bertz CT molecular complexity index is 839. The van der Waals surface area contributed by atoms with E-state index in [0.717, 1.165) is 5.39 Å². The molecule has 3 aromatic rings. The quantitative estimate of drug-likeness (QED) is 0.679. The lowest BCUT2D eigenvalue weighted by molar-refractivity contribution is 0.0602. The van der Waals surface area contributed by atoms with E-state index in [0.29, 0.717) is 22.3 Å². The van der Waals surface area contributed by atoms with E-state index >= 15 is 0 Å². The highest BCUT2D eigenvalue weighted by Gasteiger charge is 2.18. The van der Waals surface area contributed by atoms with Crippen LogP contribution in [0.2, 0.25) is 0 Å². The van der Waals surface area contributed by atoms with Crippen LogP contribution >= 0.6 is 0 Å². The number of carbonyl (C=O) groups excluding carboxylic acids is 1. The Hall–Kier alpha value is -2.69. The summed E-state index contributed by atoms with van der Waals surface area (Å²) in [5.74, 6) is -0.746. The molecule has 0 fully saturated rings. The lowest BCUT2D eigenvalue weighted by atomic mass is 10.1. The first-order chi connectivity index (χ1) is 10.1. The van der Waals surface area contributed by atoms with Crippen LogP contribution in [0, 0.1) is 5.82 Å². The van der Waals surface area contributed by atoms with Crippen LogP contribution in [0.1, 0.15) is 10.4 Å². The first-order valence-electron chi connectivity index (χ1n) is 6.42. The second-order valence-corrected chi connectivity index (χ2v) is 4.68. The molecule has 0 N–H and O–H groups in total. The molecule has 1 aromatic heterocycles. The Morgan fingerprint density at radius 3 is 2.71 bits per heavy atom. The molecule has 0 saturated heterocycles. The maximum absolute atomic E-state index is 13.4. The molecule has 1 heterocycles. The molecule has 5 heteroatoms. The zero-order valence-corrected chi connectivity index (χ0v) is 11.6. The number of esters is 1. The summed E-state index contributed by atoms with van der Waals surface area (Å²) in [6.07, 6.45) is 0. The second kappa shape index (κ2) is 5.01. The van der Waals surface area contributed by atoms with E-state index in [1.54, 1.807) is 36.0 Å². The average Bonchev–Trinajstić information content (AvgIpc) is 2.84. The smallest absolute Gasteiger partial charge is 0.340 e. The summed E-state index contributed by atoms with van der Waals surface area (Å²) in [4.78, 5) is 11.9. The van der Waals surface area contributed by atoms with Gasteiger partial charge in [-0.15, -0.1) is 0 Å². The maximum atomic E-state index is 13.4. The number of hydrogen-bond donors (Lipinski definition) is 0. The van der Waals surface area contributed by atoms with Crippen molar-refractivity contribution < 1.29 is 13.9 Å². The molecule has 0 aliphatic rings. The van der Waals surface area contributed by atoms with Crippen molar-refractivity contribution in [3.05, 3.63) is 53.8 Å². The van der Waals surface area contributed by atoms with E-state index in [4.69, 9.17) is 4.74 Å². The molecule has 21 heavy (non-hydrogen) atoms. The van der Waals surface area contributed by atoms with Gasteiger partial charge in [-0.25, -0.2) is 9.18 Å². The molecule has 0 spiro atoms. The van der Waals surface area contributed by atoms with Gasteiger partial charge in [0.05, 0.1) is 18.2 Å². The molecule has 0 aliphatic heterocycles. The number of hydrogen-bond acceptors (Lipinski definition) is 3. The van der Waals surface area contributed by atoms with Crippen molar-refractivity contribution in [1.82, 2.24) is 9.78 Å². The molecule has 0 radical (unpaired) electrons. The van der Waals surface area contributed by atoms with Gasteiger partial charge in [-0.2, -0.15) is 5.10 Å². The van der Waals surface area contributed by atoms with Crippen molar-refractivity contribution in [2.24, 2.45) is 7.05 Å². The van der Waals surface area contributed by atoms with Gasteiger partial charge in [-0.05, 0) is 18.2 Å². The maximum Gasteiger partial charge on any atom is 0.340 e. The number of aromatic nitrogens is 2. The lowest BCUT2D eigenvalue weighted by Crippen LogP contribution is -2.04. The summed E-state index contributed by atoms with van der Waals surface area (Å²) < 4.78 is 19.8. The molecule has 0 amide bonds. The molecule has 0 saturated carbocycles. The van der Waals surface area contributed by atoms with Crippen LogP contribution in [0.5, 0.6) is 0 Å². The second-order valence-electron chi connectivity index (χ2n) is 4.68. The van der Waals surface area contributed by atoms with Crippen LogP contribution < -0.4 is 0 Å². The summed E-state index contributed by atoms with van der Waals surface area (Å²) in [5, 5.41) is 5.20. The van der Waals surface area contributed by atoms with Gasteiger partial charge in [0.2, 0.25) is 0 Å². The number of aryl methyl sites for hydroxylation is 1. The van der Waals surface area contributed by atoms with Gasteiger partial charge in [0.25, 0.3) is 0 Å². The number of carbonyl (C=O) groups is 1. The summed E-state index contributed by atoms with van der Waals surface area (Å²) in [7, 11) is 3.09. The molecule has 0 bridgehead atoms. The topological polar surface area (TPSA) is 44.1 Å². The van der Waals surface area contributed by atoms with Gasteiger partial charge >= 0.3 is 5.97 Å². The van der Waals surface area contributed by atoms with Gasteiger partial charge in [-0.1, -0.05) is 24.3 Å². The van der Waals surface area contributed by atoms with Crippen molar-refractivity contribution in [1.29, 1.82) is 0 Å². The minimum Gasteiger partial charge on any atom is -0.465 e. The number of para-hydroxylation sites is 1. The first-order valence-corrected chi connectivity index (χ1v) is 6.42. The molecule has 0 atom stereocenters. The fourth-order valence-corrected chi connectivity index (χ4v) is 2.46. The fourth-order valence-electron chi connectivity index (χ4n) is 2.46. The normalized spacial score (nSPS) is 10.8. The van der Waals surface area contributed by atoms with Crippen molar-refractivity contribution in [3.63, 3.8) is 0 Å². The van der Waals surface area contributed by atoms with E-state index in [1.807, 2.05) is 6.07 Å². The molecule has 3 rings (SSSR count). The summed E-state index contributed by atoms with van der Waals surface area (Å²) in [6.45, 7) is 0. The minimum atomic E-state index is -0.422. The molecular weight excluding hydrogens is 271 g/mol. The molecule has 0 aliphatic carbocycles. The third-order valence-electron chi connectivity index (χ3n) is 3.37. The summed E-state index contributed by atoms with van der Waals surface area (Å²) in [6, 6.07) is 11.5. The largest absolute Gasteiger partial charge is 0.465 e. The molecule has 2 aromatic carbocycles. The lowest BCUT2D eigenvalue weighted by Gasteiger charge is -2.02. The summed E-state index contributed by atoms with van der Waals surface area (Å²) in [5.41, 5.74) is 2.41. The number of nitrogens with zero attached hydrogens (tertiary/aromatic N) is 2. The first kappa shape index (κ1) is 13.3. The van der Waals surface area contributed by atoms with E-state index in [-0.39, 0.29) is 5.82 Å². The van der Waals surface area contributed by atoms with Crippen molar-refractivity contribution in [3.8, 4) is 11.3 Å². The zero-order chi connectivity index (χ0) is 15.0. The van der Waals surface area contributed by atoms with Crippen LogP contribution in [0.3, 0.4) is 0 Å². The Balaban J connectivity index is 2.30. The monoisotopic (exact) mass is 284 g/mol. The van der Waals surface area contributed by atoms with Crippen LogP contribution in [-0.4, -0.2) is 22.9 Å². The van der Waals surface area contributed by atoms with Gasteiger partial charge in [0.15, 0.2) is 0 Å². The highest BCUT2D eigenvalue weighted by Crippen LogP contribution is 2.30. The van der Waals surface area contributed by atoms with Crippen molar-refractivity contribution in [2.45, 2.75) is 0 Å². The molecule has 4 nitrogen and oxygen atoms in total. The number of rotatable bonds is 2. The summed E-state index contributed by atoms with van der Waals surface area (Å²) >= 11 is 0. The zero-order valence-electron chi connectivity index (χ0n) is 11.6. The standard InChI is InChI=1S/C16H13FN2O2/c1-19-15-12(7-4-8-13(15)16(20)21-2)14(18-19)10-5-3-6-11(17)9-10/h3-9H,1-2H3. The predicted molar refractivity (Wildman–Crippen MR) is 77.4 cm³/mol. The Kier molecular flexibility index (Phi) is 3.17. The third kappa shape index (κ3) is 2.16. The van der Waals surface area contributed by atoms with E-state index in [9.17, 15) is 9.18 Å². The van der Waals surface area contributed by atoms with Gasteiger partial charge in [0.1, 0.15) is 11.5 Å². The minimum absolute atomic E-state index is 0.324. The fraction of sp³-hybridized carbons (Fsp3) is 0.125. The molecular formula is C16H13FN2O2. The number of benzene rings is 2. The highest BCUT2D eigenvalue weighted by atomic mass is 19.1. The highest BCUT2D eigenvalue weighted by molar-refractivity contribution is 6.06. The number of halogens is 1. The predicted octanol–water partition coefficient (Wildman–Crippen LogP) is 3.17. The Morgan fingerprint density at radius 2 is 2.00 bits per heavy atom. The van der Waals surface area contributed by atoms with Gasteiger partial charge < -0.3 is 4.74 Å². The Morgan fingerprint density at radius 1 is 1.24 bits per heavy atom. The van der Waals surface area contributed by atoms with Gasteiger partial charge in [0, 0.05) is 18.0 Å². The van der Waals surface area contributed by atoms with Crippen LogP contribution in [-0.2, 0) is 11.8 Å².